The van der Waals surface area contributed by atoms with Crippen molar-refractivity contribution in [3.8, 4) is 39.5 Å². The Hall–Kier alpha value is -4.50. The molecule has 0 N–H and O–H groups in total. The average molecular weight is 424 g/mol. The van der Waals surface area contributed by atoms with E-state index >= 15 is 0 Å². The van der Waals surface area contributed by atoms with Crippen LogP contribution < -0.4 is 0 Å². The summed E-state index contributed by atoms with van der Waals surface area (Å²) >= 11 is 0. The van der Waals surface area contributed by atoms with E-state index in [-0.39, 0.29) is 0 Å². The lowest BCUT2D eigenvalue weighted by Crippen LogP contribution is -1.97. The first-order valence-corrected chi connectivity index (χ1v) is 11.0. The molecule has 33 heavy (non-hydrogen) atoms. The van der Waals surface area contributed by atoms with Crippen LogP contribution in [0.3, 0.4) is 0 Å². The predicted molar refractivity (Wildman–Crippen MR) is 135 cm³/mol. The molecule has 0 spiro atoms. The number of imidazole rings is 1. The van der Waals surface area contributed by atoms with Crippen LogP contribution in [-0.2, 0) is 0 Å². The number of fused-ring (bicyclic) bond motifs is 1. The minimum Gasteiger partial charge on any atom is -0.292 e. The van der Waals surface area contributed by atoms with E-state index in [4.69, 9.17) is 9.97 Å². The number of hydrogen-bond acceptors (Lipinski definition) is 2. The molecule has 0 amide bonds. The zero-order valence-corrected chi connectivity index (χ0v) is 18.0. The molecule has 156 valence electrons. The van der Waals surface area contributed by atoms with Gasteiger partial charge < -0.3 is 0 Å². The first-order chi connectivity index (χ1) is 16.4. The van der Waals surface area contributed by atoms with Crippen LogP contribution in [-0.4, -0.2) is 14.5 Å². The highest BCUT2D eigenvalue weighted by atomic mass is 15.1. The van der Waals surface area contributed by atoms with Crippen molar-refractivity contribution in [2.75, 3.05) is 0 Å². The first-order valence-electron chi connectivity index (χ1n) is 11.0. The average Bonchev–Trinajstić information content (AvgIpc) is 3.30. The number of aromatic nitrogens is 3. The summed E-state index contributed by atoms with van der Waals surface area (Å²) in [6.45, 7) is 0. The third-order valence-corrected chi connectivity index (χ3v) is 5.86. The molecule has 3 heteroatoms. The monoisotopic (exact) mass is 423 g/mol. The van der Waals surface area contributed by atoms with Gasteiger partial charge in [-0.3, -0.25) is 9.55 Å². The van der Waals surface area contributed by atoms with Crippen molar-refractivity contribution in [1.82, 2.24) is 14.5 Å². The summed E-state index contributed by atoms with van der Waals surface area (Å²) in [6, 6.07) is 41.7. The summed E-state index contributed by atoms with van der Waals surface area (Å²) in [6.07, 6.45) is 1.95. The largest absolute Gasteiger partial charge is 0.292 e. The zero-order valence-electron chi connectivity index (χ0n) is 18.0. The third kappa shape index (κ3) is 3.60. The number of nitrogens with zero attached hydrogens (tertiary/aromatic N) is 3. The Morgan fingerprint density at radius 1 is 0.515 bits per heavy atom. The van der Waals surface area contributed by atoms with Crippen LogP contribution >= 0.6 is 0 Å². The van der Waals surface area contributed by atoms with E-state index in [9.17, 15) is 0 Å². The Morgan fingerprint density at radius 3 is 2.00 bits per heavy atom. The van der Waals surface area contributed by atoms with Crippen LogP contribution in [0.5, 0.6) is 0 Å². The summed E-state index contributed by atoms with van der Waals surface area (Å²) in [5.41, 5.74) is 8.54. The van der Waals surface area contributed by atoms with Crippen molar-refractivity contribution in [2.45, 2.75) is 0 Å². The summed E-state index contributed by atoms with van der Waals surface area (Å²) in [7, 11) is 0. The van der Waals surface area contributed by atoms with Gasteiger partial charge in [0.05, 0.1) is 16.7 Å². The second-order valence-corrected chi connectivity index (χ2v) is 7.97. The van der Waals surface area contributed by atoms with Crippen molar-refractivity contribution in [2.24, 2.45) is 0 Å². The number of pyridine rings is 1. The highest BCUT2D eigenvalue weighted by molar-refractivity contribution is 5.84. The van der Waals surface area contributed by atoms with Gasteiger partial charge in [-0.1, -0.05) is 84.9 Å². The summed E-state index contributed by atoms with van der Waals surface area (Å²) < 4.78 is 2.23. The fraction of sp³-hybridized carbons (Fsp3) is 0. The van der Waals surface area contributed by atoms with E-state index < -0.39 is 0 Å². The molecule has 0 saturated carbocycles. The molecule has 0 fully saturated rings. The molecule has 0 atom stereocenters. The number of benzene rings is 4. The second kappa shape index (κ2) is 8.21. The Balaban J connectivity index is 1.44. The van der Waals surface area contributed by atoms with E-state index in [0.29, 0.717) is 0 Å². The van der Waals surface area contributed by atoms with Crippen molar-refractivity contribution in [3.05, 3.63) is 128 Å². The Bertz CT molecular complexity index is 1530. The summed E-state index contributed by atoms with van der Waals surface area (Å²) in [5, 5.41) is 0. The van der Waals surface area contributed by atoms with Gasteiger partial charge in [0.25, 0.3) is 0 Å². The van der Waals surface area contributed by atoms with Crippen molar-refractivity contribution >= 4 is 11.0 Å². The Labute approximate surface area is 192 Å². The highest BCUT2D eigenvalue weighted by Crippen LogP contribution is 2.31. The number of rotatable bonds is 4. The van der Waals surface area contributed by atoms with Crippen LogP contribution in [0.4, 0.5) is 0 Å². The van der Waals surface area contributed by atoms with E-state index in [1.807, 2.05) is 36.5 Å². The number of para-hydroxylation sites is 3. The standard InChI is InChI=1S/C30H21N3/c1-3-10-22(11-4-1)27-19-18-25(21-31-27)23-12-9-13-24(20-23)30-32-28-16-7-8-17-29(28)33(30)26-14-5-2-6-15-26/h1-21H. The lowest BCUT2D eigenvalue weighted by atomic mass is 10.0. The molecule has 0 radical (unpaired) electrons. The van der Waals surface area contributed by atoms with Gasteiger partial charge >= 0.3 is 0 Å². The van der Waals surface area contributed by atoms with Crippen molar-refractivity contribution in [1.29, 1.82) is 0 Å². The van der Waals surface area contributed by atoms with Crippen LogP contribution in [0.1, 0.15) is 0 Å². The maximum Gasteiger partial charge on any atom is 0.145 e. The molecule has 0 aliphatic heterocycles. The van der Waals surface area contributed by atoms with Crippen LogP contribution in [0, 0.1) is 0 Å². The molecule has 4 aromatic carbocycles. The van der Waals surface area contributed by atoms with E-state index in [1.54, 1.807) is 0 Å². The van der Waals surface area contributed by atoms with Gasteiger partial charge in [0.1, 0.15) is 5.82 Å². The molecule has 2 heterocycles. The fourth-order valence-electron chi connectivity index (χ4n) is 4.24. The quantitative estimate of drug-likeness (QED) is 0.295. The van der Waals surface area contributed by atoms with Crippen LogP contribution in [0.2, 0.25) is 0 Å². The van der Waals surface area contributed by atoms with Crippen LogP contribution in [0.25, 0.3) is 50.5 Å². The molecule has 6 rings (SSSR count). The SMILES string of the molecule is c1ccc(-c2ccc(-c3cccc(-c4nc5ccccc5n4-c4ccccc4)c3)cn2)cc1. The fourth-order valence-corrected chi connectivity index (χ4v) is 4.24. The van der Waals surface area contributed by atoms with Gasteiger partial charge in [-0.05, 0) is 42.0 Å². The second-order valence-electron chi connectivity index (χ2n) is 7.97. The topological polar surface area (TPSA) is 30.7 Å². The minimum absolute atomic E-state index is 0.929. The van der Waals surface area contributed by atoms with Crippen molar-refractivity contribution in [3.63, 3.8) is 0 Å². The lowest BCUT2D eigenvalue weighted by molar-refractivity contribution is 1.10. The number of hydrogen-bond donors (Lipinski definition) is 0. The highest BCUT2D eigenvalue weighted by Gasteiger charge is 2.14. The smallest absolute Gasteiger partial charge is 0.145 e. The Kier molecular flexibility index (Phi) is 4.78. The van der Waals surface area contributed by atoms with Gasteiger partial charge in [0.15, 0.2) is 0 Å². The molecule has 2 aromatic heterocycles. The summed E-state index contributed by atoms with van der Waals surface area (Å²) in [4.78, 5) is 9.70. The zero-order chi connectivity index (χ0) is 22.0. The summed E-state index contributed by atoms with van der Waals surface area (Å²) in [5.74, 6) is 0.929. The molecule has 0 unspecified atom stereocenters. The molecule has 0 aliphatic carbocycles. The van der Waals surface area contributed by atoms with Gasteiger partial charge in [-0.25, -0.2) is 4.98 Å². The molecule has 0 saturated heterocycles. The van der Waals surface area contributed by atoms with Gasteiger partial charge in [0.2, 0.25) is 0 Å². The van der Waals surface area contributed by atoms with E-state index in [0.717, 1.165) is 50.5 Å². The molecule has 0 aliphatic rings. The molecular formula is C30H21N3. The van der Waals surface area contributed by atoms with Gasteiger partial charge in [0, 0.05) is 28.6 Å². The molecule has 6 aromatic rings. The maximum absolute atomic E-state index is 5.00. The van der Waals surface area contributed by atoms with E-state index in [2.05, 4.69) is 95.6 Å². The molecule has 0 bridgehead atoms. The molecule has 3 nitrogen and oxygen atoms in total. The first kappa shape index (κ1) is 19.2. The molecular weight excluding hydrogens is 402 g/mol. The van der Waals surface area contributed by atoms with Gasteiger partial charge in [-0.15, -0.1) is 0 Å². The van der Waals surface area contributed by atoms with Gasteiger partial charge in [-0.2, -0.15) is 0 Å². The van der Waals surface area contributed by atoms with E-state index in [1.165, 1.54) is 0 Å². The lowest BCUT2D eigenvalue weighted by Gasteiger charge is -2.11. The predicted octanol–water partition coefficient (Wildman–Crippen LogP) is 7.42. The van der Waals surface area contributed by atoms with Crippen molar-refractivity contribution < 1.29 is 0 Å². The minimum atomic E-state index is 0.929. The maximum atomic E-state index is 5.00. The van der Waals surface area contributed by atoms with Crippen LogP contribution in [0.15, 0.2) is 128 Å². The third-order valence-electron chi connectivity index (χ3n) is 5.86. The normalized spacial score (nSPS) is 11.0. The Morgan fingerprint density at radius 2 is 1.21 bits per heavy atom.